The molecular formula is C19H21FN2O. The van der Waals surface area contributed by atoms with Gasteiger partial charge >= 0.3 is 0 Å². The number of nitrogens with zero attached hydrogens (tertiary/aromatic N) is 1. The fourth-order valence-electron chi connectivity index (χ4n) is 2.82. The maximum Gasteiger partial charge on any atom is 0.253 e. The number of carbonyl (C=O) groups excluding carboxylic acids is 1. The van der Waals surface area contributed by atoms with E-state index in [9.17, 15) is 9.18 Å². The van der Waals surface area contributed by atoms with Crippen molar-refractivity contribution in [2.75, 3.05) is 18.4 Å². The molecule has 0 radical (unpaired) electrons. The summed E-state index contributed by atoms with van der Waals surface area (Å²) in [6.45, 7) is 1.60. The molecule has 1 aliphatic rings. The van der Waals surface area contributed by atoms with Crippen molar-refractivity contribution in [1.82, 2.24) is 4.90 Å². The second kappa shape index (κ2) is 7.27. The topological polar surface area (TPSA) is 32.3 Å². The molecule has 1 fully saturated rings. The minimum Gasteiger partial charge on any atom is -0.381 e. The molecule has 1 amide bonds. The lowest BCUT2D eigenvalue weighted by Gasteiger charge is -2.29. The molecule has 1 heterocycles. The first-order valence-electron chi connectivity index (χ1n) is 8.03. The molecular weight excluding hydrogens is 291 g/mol. The van der Waals surface area contributed by atoms with Crippen molar-refractivity contribution in [2.24, 2.45) is 0 Å². The quantitative estimate of drug-likeness (QED) is 0.929. The number of carbonyl (C=O) groups is 1. The summed E-state index contributed by atoms with van der Waals surface area (Å²) in [5, 5.41) is 3.33. The first-order valence-corrected chi connectivity index (χ1v) is 8.03. The van der Waals surface area contributed by atoms with Crippen molar-refractivity contribution in [3.63, 3.8) is 0 Å². The van der Waals surface area contributed by atoms with Gasteiger partial charge in [0.25, 0.3) is 5.91 Å². The van der Waals surface area contributed by atoms with Gasteiger partial charge in [-0.15, -0.1) is 0 Å². The minimum absolute atomic E-state index is 0.0815. The second-order valence-corrected chi connectivity index (χ2v) is 5.91. The Morgan fingerprint density at radius 2 is 1.87 bits per heavy atom. The summed E-state index contributed by atoms with van der Waals surface area (Å²) in [4.78, 5) is 14.0. The lowest BCUT2D eigenvalue weighted by Crippen LogP contribution is -2.40. The van der Waals surface area contributed by atoms with Crippen LogP contribution in [0.5, 0.6) is 0 Å². The number of nitrogens with one attached hydrogen (secondary N) is 1. The number of halogens is 1. The summed E-state index contributed by atoms with van der Waals surface area (Å²) < 4.78 is 13.4. The van der Waals surface area contributed by atoms with E-state index in [1.165, 1.54) is 5.56 Å². The number of hydrogen-bond donors (Lipinski definition) is 1. The molecule has 0 bridgehead atoms. The Morgan fingerprint density at radius 3 is 2.57 bits per heavy atom. The van der Waals surface area contributed by atoms with E-state index in [1.807, 2.05) is 30.3 Å². The Balaban J connectivity index is 1.59. The van der Waals surface area contributed by atoms with Gasteiger partial charge in [-0.05, 0) is 42.7 Å². The number of rotatable bonds is 4. The Bertz CT molecular complexity index is 642. The molecule has 1 saturated heterocycles. The van der Waals surface area contributed by atoms with Crippen LogP contribution in [-0.2, 0) is 6.54 Å². The molecule has 1 unspecified atom stereocenters. The minimum atomic E-state index is -0.889. The zero-order valence-electron chi connectivity index (χ0n) is 13.0. The highest BCUT2D eigenvalue weighted by atomic mass is 19.1. The van der Waals surface area contributed by atoms with E-state index in [0.717, 1.165) is 18.7 Å². The SMILES string of the molecule is O=C(c1ccc(NCc2ccccc2)cc1)N1CCCC(F)C1. The molecule has 1 atom stereocenters. The first kappa shape index (κ1) is 15.5. The maximum atomic E-state index is 13.4. The van der Waals surface area contributed by atoms with Gasteiger partial charge in [0, 0.05) is 24.3 Å². The van der Waals surface area contributed by atoms with Gasteiger partial charge in [0.05, 0.1) is 6.54 Å². The van der Waals surface area contributed by atoms with Crippen LogP contribution < -0.4 is 5.32 Å². The van der Waals surface area contributed by atoms with Crippen LogP contribution in [0.2, 0.25) is 0 Å². The monoisotopic (exact) mass is 312 g/mol. The second-order valence-electron chi connectivity index (χ2n) is 5.91. The molecule has 0 saturated carbocycles. The van der Waals surface area contributed by atoms with E-state index in [4.69, 9.17) is 0 Å². The fourth-order valence-corrected chi connectivity index (χ4v) is 2.82. The molecule has 23 heavy (non-hydrogen) atoms. The summed E-state index contributed by atoms with van der Waals surface area (Å²) >= 11 is 0. The van der Waals surface area contributed by atoms with Crippen molar-refractivity contribution in [2.45, 2.75) is 25.6 Å². The summed E-state index contributed by atoms with van der Waals surface area (Å²) in [5.41, 5.74) is 2.78. The third-order valence-corrected chi connectivity index (χ3v) is 4.12. The normalized spacial score (nSPS) is 17.8. The lowest BCUT2D eigenvalue weighted by molar-refractivity contribution is 0.0636. The lowest BCUT2D eigenvalue weighted by atomic mass is 10.1. The van der Waals surface area contributed by atoms with Gasteiger partial charge < -0.3 is 10.2 Å². The number of hydrogen-bond acceptors (Lipinski definition) is 2. The standard InChI is InChI=1S/C19H21FN2O/c20-17-7-4-12-22(14-17)19(23)16-8-10-18(11-9-16)21-13-15-5-2-1-3-6-15/h1-3,5-6,8-11,17,21H,4,7,12-14H2. The van der Waals surface area contributed by atoms with Crippen molar-refractivity contribution < 1.29 is 9.18 Å². The number of alkyl halides is 1. The van der Waals surface area contributed by atoms with Crippen LogP contribution in [-0.4, -0.2) is 30.1 Å². The zero-order chi connectivity index (χ0) is 16.1. The van der Waals surface area contributed by atoms with Crippen LogP contribution >= 0.6 is 0 Å². The van der Waals surface area contributed by atoms with Crippen molar-refractivity contribution in [3.05, 3.63) is 65.7 Å². The van der Waals surface area contributed by atoms with E-state index in [2.05, 4.69) is 17.4 Å². The van der Waals surface area contributed by atoms with E-state index < -0.39 is 6.17 Å². The highest BCUT2D eigenvalue weighted by molar-refractivity contribution is 5.94. The maximum absolute atomic E-state index is 13.4. The van der Waals surface area contributed by atoms with Crippen LogP contribution in [0.1, 0.15) is 28.8 Å². The smallest absolute Gasteiger partial charge is 0.253 e. The van der Waals surface area contributed by atoms with Crippen molar-refractivity contribution in [1.29, 1.82) is 0 Å². The van der Waals surface area contributed by atoms with E-state index in [0.29, 0.717) is 18.5 Å². The predicted octanol–water partition coefficient (Wildman–Crippen LogP) is 3.87. The molecule has 0 aromatic heterocycles. The molecule has 120 valence electrons. The summed E-state index contributed by atoms with van der Waals surface area (Å²) in [5.74, 6) is -0.0815. The van der Waals surface area contributed by atoms with Gasteiger partial charge in [-0.25, -0.2) is 4.39 Å². The average Bonchev–Trinajstić information content (AvgIpc) is 2.61. The van der Waals surface area contributed by atoms with Crippen LogP contribution in [0.3, 0.4) is 0 Å². The van der Waals surface area contributed by atoms with Gasteiger partial charge in [0.2, 0.25) is 0 Å². The summed E-state index contributed by atoms with van der Waals surface area (Å²) in [6.07, 6.45) is 0.412. The zero-order valence-corrected chi connectivity index (χ0v) is 13.0. The first-order chi connectivity index (χ1) is 11.2. The molecule has 4 heteroatoms. The number of benzene rings is 2. The third kappa shape index (κ3) is 4.09. The third-order valence-electron chi connectivity index (χ3n) is 4.12. The van der Waals surface area contributed by atoms with Crippen LogP contribution in [0.25, 0.3) is 0 Å². The highest BCUT2D eigenvalue weighted by Gasteiger charge is 2.23. The number of likely N-dealkylation sites (tertiary alicyclic amines) is 1. The average molecular weight is 312 g/mol. The molecule has 0 spiro atoms. The number of anilines is 1. The van der Waals surface area contributed by atoms with Crippen LogP contribution in [0.15, 0.2) is 54.6 Å². The van der Waals surface area contributed by atoms with Gasteiger partial charge in [-0.1, -0.05) is 30.3 Å². The Hall–Kier alpha value is -2.36. The van der Waals surface area contributed by atoms with Crippen LogP contribution in [0, 0.1) is 0 Å². The Morgan fingerprint density at radius 1 is 1.13 bits per heavy atom. The highest BCUT2D eigenvalue weighted by Crippen LogP contribution is 2.17. The number of piperidine rings is 1. The fraction of sp³-hybridized carbons (Fsp3) is 0.316. The molecule has 0 aliphatic carbocycles. The molecule has 3 nitrogen and oxygen atoms in total. The molecule has 1 aliphatic heterocycles. The van der Waals surface area contributed by atoms with E-state index in [-0.39, 0.29) is 12.5 Å². The van der Waals surface area contributed by atoms with Crippen molar-refractivity contribution in [3.8, 4) is 0 Å². The predicted molar refractivity (Wildman–Crippen MR) is 90.2 cm³/mol. The van der Waals surface area contributed by atoms with Crippen molar-refractivity contribution >= 4 is 11.6 Å². The van der Waals surface area contributed by atoms with E-state index >= 15 is 0 Å². The molecule has 2 aromatic carbocycles. The van der Waals surface area contributed by atoms with E-state index in [1.54, 1.807) is 17.0 Å². The molecule has 2 aromatic rings. The van der Waals surface area contributed by atoms with Gasteiger partial charge in [0.15, 0.2) is 0 Å². The van der Waals surface area contributed by atoms with Crippen LogP contribution in [0.4, 0.5) is 10.1 Å². The summed E-state index contributed by atoms with van der Waals surface area (Å²) in [6, 6.07) is 17.5. The van der Waals surface area contributed by atoms with Gasteiger partial charge in [-0.2, -0.15) is 0 Å². The molecule has 3 rings (SSSR count). The van der Waals surface area contributed by atoms with Gasteiger partial charge in [-0.3, -0.25) is 4.79 Å². The number of amides is 1. The summed E-state index contributed by atoms with van der Waals surface area (Å²) in [7, 11) is 0. The Labute approximate surface area is 136 Å². The molecule has 1 N–H and O–H groups in total. The van der Waals surface area contributed by atoms with Gasteiger partial charge in [0.1, 0.15) is 6.17 Å². The largest absolute Gasteiger partial charge is 0.381 e. The Kier molecular flexibility index (Phi) is 4.91.